The summed E-state index contributed by atoms with van der Waals surface area (Å²) in [6, 6.07) is 16.2. The summed E-state index contributed by atoms with van der Waals surface area (Å²) in [6.45, 7) is 3.74. The third-order valence-electron chi connectivity index (χ3n) is 4.99. The molecule has 0 spiro atoms. The minimum Gasteiger partial charge on any atom is -0.340 e. The lowest BCUT2D eigenvalue weighted by molar-refractivity contribution is -0.132. The average Bonchev–Trinajstić information content (AvgIpc) is 2.70. The molecular weight excluding hydrogens is 374 g/mol. The van der Waals surface area contributed by atoms with Crippen molar-refractivity contribution >= 4 is 15.9 Å². The highest BCUT2D eigenvalue weighted by molar-refractivity contribution is 7.89. The zero-order chi connectivity index (χ0) is 20.0. The molecule has 0 unspecified atom stereocenters. The molecule has 1 aliphatic rings. The number of hydrogen-bond donors (Lipinski definition) is 1. The number of amides is 1. The van der Waals surface area contributed by atoms with Gasteiger partial charge in [-0.2, -0.15) is 0 Å². The number of benzene rings is 2. The lowest BCUT2D eigenvalue weighted by Gasteiger charge is -2.32. The van der Waals surface area contributed by atoms with E-state index in [2.05, 4.69) is 16.7 Å². The van der Waals surface area contributed by atoms with Crippen LogP contribution in [0.5, 0.6) is 0 Å². The third-order valence-corrected chi connectivity index (χ3v) is 6.47. The van der Waals surface area contributed by atoms with Crippen molar-refractivity contribution in [3.8, 4) is 0 Å². The van der Waals surface area contributed by atoms with Crippen molar-refractivity contribution in [1.82, 2.24) is 14.5 Å². The van der Waals surface area contributed by atoms with Crippen LogP contribution in [0.3, 0.4) is 0 Å². The SMILES string of the molecule is CN1CCN(C(=O)Cc2ccc(CCNS(=O)(=O)c3ccccc3)cc2)CC1. The van der Waals surface area contributed by atoms with E-state index in [4.69, 9.17) is 0 Å². The number of nitrogens with one attached hydrogen (secondary N) is 1. The van der Waals surface area contributed by atoms with Crippen LogP contribution < -0.4 is 4.72 Å². The van der Waals surface area contributed by atoms with E-state index in [1.807, 2.05) is 29.2 Å². The Bertz CT molecular complexity index is 875. The zero-order valence-electron chi connectivity index (χ0n) is 16.2. The van der Waals surface area contributed by atoms with Gasteiger partial charge in [0.15, 0.2) is 0 Å². The number of hydrogen-bond acceptors (Lipinski definition) is 4. The lowest BCUT2D eigenvalue weighted by atomic mass is 10.1. The minimum atomic E-state index is -3.47. The first-order valence-corrected chi connectivity index (χ1v) is 11.0. The van der Waals surface area contributed by atoms with Crippen LogP contribution in [0.1, 0.15) is 11.1 Å². The predicted octanol–water partition coefficient (Wildman–Crippen LogP) is 1.52. The highest BCUT2D eigenvalue weighted by atomic mass is 32.2. The number of rotatable bonds is 7. The third kappa shape index (κ3) is 5.64. The van der Waals surface area contributed by atoms with E-state index >= 15 is 0 Å². The van der Waals surface area contributed by atoms with Gasteiger partial charge in [-0.15, -0.1) is 0 Å². The molecule has 150 valence electrons. The van der Waals surface area contributed by atoms with Gasteiger partial charge < -0.3 is 9.80 Å². The van der Waals surface area contributed by atoms with Crippen LogP contribution in [-0.4, -0.2) is 63.9 Å². The average molecular weight is 402 g/mol. The highest BCUT2D eigenvalue weighted by Crippen LogP contribution is 2.10. The van der Waals surface area contributed by atoms with Crippen LogP contribution in [0.2, 0.25) is 0 Å². The number of carbonyl (C=O) groups excluding carboxylic acids is 1. The first-order valence-electron chi connectivity index (χ1n) is 9.53. The Labute approximate surface area is 167 Å². The molecule has 7 heteroatoms. The van der Waals surface area contributed by atoms with E-state index in [9.17, 15) is 13.2 Å². The van der Waals surface area contributed by atoms with Gasteiger partial charge in [0, 0.05) is 32.7 Å². The molecule has 1 heterocycles. The summed E-state index contributed by atoms with van der Waals surface area (Å²) in [4.78, 5) is 16.8. The first-order chi connectivity index (χ1) is 13.4. The fourth-order valence-electron chi connectivity index (χ4n) is 3.18. The van der Waals surface area contributed by atoms with Crippen molar-refractivity contribution in [1.29, 1.82) is 0 Å². The molecule has 3 rings (SSSR count). The summed E-state index contributed by atoms with van der Waals surface area (Å²) < 4.78 is 27.0. The molecule has 1 saturated heterocycles. The first kappa shape index (κ1) is 20.5. The Kier molecular flexibility index (Phi) is 6.83. The van der Waals surface area contributed by atoms with Crippen LogP contribution in [-0.2, 0) is 27.7 Å². The number of carbonyl (C=O) groups is 1. The van der Waals surface area contributed by atoms with Crippen molar-refractivity contribution in [3.05, 3.63) is 65.7 Å². The molecule has 2 aromatic carbocycles. The summed E-state index contributed by atoms with van der Waals surface area (Å²) in [5.41, 5.74) is 2.02. The van der Waals surface area contributed by atoms with Crippen molar-refractivity contribution in [2.45, 2.75) is 17.7 Å². The maximum atomic E-state index is 12.4. The van der Waals surface area contributed by atoms with E-state index in [1.54, 1.807) is 30.3 Å². The van der Waals surface area contributed by atoms with Gasteiger partial charge in [-0.05, 0) is 36.7 Å². The van der Waals surface area contributed by atoms with E-state index in [0.717, 1.165) is 37.3 Å². The van der Waals surface area contributed by atoms with Crippen LogP contribution >= 0.6 is 0 Å². The quantitative estimate of drug-likeness (QED) is 0.764. The molecule has 1 fully saturated rings. The maximum absolute atomic E-state index is 12.4. The van der Waals surface area contributed by atoms with E-state index in [-0.39, 0.29) is 10.8 Å². The summed E-state index contributed by atoms with van der Waals surface area (Å²) in [5, 5.41) is 0. The molecule has 1 N–H and O–H groups in total. The highest BCUT2D eigenvalue weighted by Gasteiger charge is 2.19. The van der Waals surface area contributed by atoms with Gasteiger partial charge >= 0.3 is 0 Å². The molecule has 1 aliphatic heterocycles. The second-order valence-electron chi connectivity index (χ2n) is 7.14. The molecule has 0 saturated carbocycles. The van der Waals surface area contributed by atoms with Crippen LogP contribution in [0.25, 0.3) is 0 Å². The van der Waals surface area contributed by atoms with Crippen LogP contribution in [0.15, 0.2) is 59.5 Å². The molecule has 0 bridgehead atoms. The number of piperazine rings is 1. The number of sulfonamides is 1. The monoisotopic (exact) mass is 401 g/mol. The molecule has 28 heavy (non-hydrogen) atoms. The Morgan fingerprint density at radius 2 is 1.54 bits per heavy atom. The normalized spacial score (nSPS) is 15.5. The molecule has 0 radical (unpaired) electrons. The van der Waals surface area contributed by atoms with Crippen molar-refractivity contribution in [3.63, 3.8) is 0 Å². The van der Waals surface area contributed by atoms with Gasteiger partial charge in [-0.1, -0.05) is 42.5 Å². The second-order valence-corrected chi connectivity index (χ2v) is 8.91. The predicted molar refractivity (Wildman–Crippen MR) is 110 cm³/mol. The summed E-state index contributed by atoms with van der Waals surface area (Å²) in [6.07, 6.45) is 1.00. The van der Waals surface area contributed by atoms with Crippen LogP contribution in [0.4, 0.5) is 0 Å². The lowest BCUT2D eigenvalue weighted by Crippen LogP contribution is -2.47. The zero-order valence-corrected chi connectivity index (χ0v) is 17.0. The standard InChI is InChI=1S/C21H27N3O3S/c1-23-13-15-24(16-14-23)21(25)17-19-9-7-18(8-10-19)11-12-22-28(26,27)20-5-3-2-4-6-20/h2-10,22H,11-17H2,1H3. The van der Waals surface area contributed by atoms with Gasteiger partial charge in [-0.3, -0.25) is 4.79 Å². The molecule has 2 aromatic rings. The Morgan fingerprint density at radius 3 is 2.18 bits per heavy atom. The fraction of sp³-hybridized carbons (Fsp3) is 0.381. The largest absolute Gasteiger partial charge is 0.340 e. The molecule has 0 atom stereocenters. The second kappa shape index (κ2) is 9.32. The van der Waals surface area contributed by atoms with E-state index < -0.39 is 10.0 Å². The van der Waals surface area contributed by atoms with Crippen molar-refractivity contribution < 1.29 is 13.2 Å². The topological polar surface area (TPSA) is 69.7 Å². The van der Waals surface area contributed by atoms with Gasteiger partial charge in [-0.25, -0.2) is 13.1 Å². The molecule has 0 aliphatic carbocycles. The van der Waals surface area contributed by atoms with Gasteiger partial charge in [0.05, 0.1) is 11.3 Å². The molecular formula is C21H27N3O3S. The minimum absolute atomic E-state index is 0.163. The van der Waals surface area contributed by atoms with E-state index in [0.29, 0.717) is 19.4 Å². The van der Waals surface area contributed by atoms with Gasteiger partial charge in [0.25, 0.3) is 0 Å². The Balaban J connectivity index is 1.47. The summed E-state index contributed by atoms with van der Waals surface area (Å²) in [7, 11) is -1.40. The van der Waals surface area contributed by atoms with Crippen molar-refractivity contribution in [2.24, 2.45) is 0 Å². The van der Waals surface area contributed by atoms with Gasteiger partial charge in [0.1, 0.15) is 0 Å². The van der Waals surface area contributed by atoms with Gasteiger partial charge in [0.2, 0.25) is 15.9 Å². The number of likely N-dealkylation sites (N-methyl/N-ethyl adjacent to an activating group) is 1. The summed E-state index contributed by atoms with van der Waals surface area (Å²) >= 11 is 0. The van der Waals surface area contributed by atoms with Crippen molar-refractivity contribution in [2.75, 3.05) is 39.8 Å². The molecule has 6 nitrogen and oxygen atoms in total. The molecule has 0 aromatic heterocycles. The smallest absolute Gasteiger partial charge is 0.240 e. The Morgan fingerprint density at radius 1 is 0.929 bits per heavy atom. The maximum Gasteiger partial charge on any atom is 0.240 e. The summed E-state index contributed by atoms with van der Waals surface area (Å²) in [5.74, 6) is 0.163. The number of nitrogens with zero attached hydrogens (tertiary/aromatic N) is 2. The fourth-order valence-corrected chi connectivity index (χ4v) is 4.23. The Hall–Kier alpha value is -2.22. The molecule has 1 amide bonds. The van der Waals surface area contributed by atoms with E-state index in [1.165, 1.54) is 0 Å². The van der Waals surface area contributed by atoms with Crippen LogP contribution in [0, 0.1) is 0 Å².